The molecule has 0 unspecified atom stereocenters. The van der Waals surface area contributed by atoms with E-state index >= 15 is 0 Å². The molecule has 3 fully saturated rings. The van der Waals surface area contributed by atoms with E-state index in [1.54, 1.807) is 7.11 Å². The molecule has 2 aliphatic heterocycles. The van der Waals surface area contributed by atoms with Crippen LogP contribution < -0.4 is 10.1 Å². The maximum Gasteiger partial charge on any atom is 0.253 e. The molecule has 2 atom stereocenters. The molecule has 1 N–H and O–H groups in total. The number of nitrogens with zero attached hydrogens (tertiary/aromatic N) is 5. The van der Waals surface area contributed by atoms with E-state index in [1.807, 2.05) is 36.2 Å². The quantitative estimate of drug-likeness (QED) is 0.423. The zero-order chi connectivity index (χ0) is 25.3. The summed E-state index contributed by atoms with van der Waals surface area (Å²) in [4.78, 5) is 25.2. The maximum absolute atomic E-state index is 13.5. The first-order valence-electron chi connectivity index (χ1n) is 13.2. The number of amides is 1. The van der Waals surface area contributed by atoms with E-state index < -0.39 is 0 Å². The number of carbonyl (C=O) groups excluding carboxylic acids is 1. The summed E-state index contributed by atoms with van der Waals surface area (Å²) in [5.74, 6) is 2.74. The highest BCUT2D eigenvalue weighted by Gasteiger charge is 2.36. The van der Waals surface area contributed by atoms with Crippen LogP contribution in [0.3, 0.4) is 0 Å². The van der Waals surface area contributed by atoms with Gasteiger partial charge in [-0.2, -0.15) is 4.98 Å². The van der Waals surface area contributed by atoms with Crippen molar-refractivity contribution in [3.8, 4) is 17.4 Å². The van der Waals surface area contributed by atoms with Crippen molar-refractivity contribution < 1.29 is 9.53 Å². The number of aromatic nitrogens is 4. The Morgan fingerprint density at radius 3 is 2.84 bits per heavy atom. The van der Waals surface area contributed by atoms with E-state index in [0.717, 1.165) is 66.2 Å². The molecule has 0 spiro atoms. The minimum atomic E-state index is 0.0750. The van der Waals surface area contributed by atoms with Gasteiger partial charge in [-0.05, 0) is 61.4 Å². The average molecular weight is 497 g/mol. The predicted molar refractivity (Wildman–Crippen MR) is 144 cm³/mol. The van der Waals surface area contributed by atoms with Crippen LogP contribution in [0.25, 0.3) is 33.6 Å². The van der Waals surface area contributed by atoms with Gasteiger partial charge in [0, 0.05) is 56.3 Å². The van der Waals surface area contributed by atoms with Crippen LogP contribution in [0.15, 0.2) is 48.6 Å². The van der Waals surface area contributed by atoms with Gasteiger partial charge in [-0.1, -0.05) is 12.2 Å². The minimum Gasteiger partial charge on any atom is -0.481 e. The molecule has 1 amide bonds. The summed E-state index contributed by atoms with van der Waals surface area (Å²) in [6.07, 6.45) is 3.47. The standard InChI is InChI=1S/C29H32N6O2/c1-17-14-30-23-16-34(11-10-21(17)23)29(36)20-6-8-24-22(12-20)31-28(33(24)2)25-13-19-7-9-26(37-3)32-27(19)35(25)15-18-4-5-18/h6-9,12-13,18,21,23,30H,1,4-5,10-11,14-16H2,2-3H3/t21-,23-/m1/s1. The number of hydrogen-bond acceptors (Lipinski definition) is 5. The molecule has 8 heteroatoms. The van der Waals surface area contributed by atoms with E-state index in [4.69, 9.17) is 14.7 Å². The van der Waals surface area contributed by atoms with Crippen molar-refractivity contribution in [2.75, 3.05) is 26.7 Å². The van der Waals surface area contributed by atoms with Crippen LogP contribution in [0.2, 0.25) is 0 Å². The first kappa shape index (κ1) is 22.5. The van der Waals surface area contributed by atoms with Crippen LogP contribution >= 0.6 is 0 Å². The molecule has 7 rings (SSSR count). The van der Waals surface area contributed by atoms with Gasteiger partial charge in [0.1, 0.15) is 5.65 Å². The number of likely N-dealkylation sites (tertiary alicyclic amines) is 1. The maximum atomic E-state index is 13.5. The zero-order valence-corrected chi connectivity index (χ0v) is 21.4. The Kier molecular flexibility index (Phi) is 5.15. The molecule has 37 heavy (non-hydrogen) atoms. The molecule has 1 aromatic carbocycles. The Morgan fingerprint density at radius 2 is 2.03 bits per heavy atom. The molecule has 8 nitrogen and oxygen atoms in total. The van der Waals surface area contributed by atoms with Crippen molar-refractivity contribution in [1.82, 2.24) is 29.3 Å². The molecule has 5 heterocycles. The summed E-state index contributed by atoms with van der Waals surface area (Å²) in [6.45, 7) is 7.47. The third-order valence-corrected chi connectivity index (χ3v) is 8.44. The lowest BCUT2D eigenvalue weighted by atomic mass is 9.89. The molecule has 4 aromatic rings. The zero-order valence-electron chi connectivity index (χ0n) is 21.4. The molecule has 1 aliphatic carbocycles. The van der Waals surface area contributed by atoms with Crippen molar-refractivity contribution in [3.05, 3.63) is 54.1 Å². The largest absolute Gasteiger partial charge is 0.481 e. The molecule has 1 saturated carbocycles. The van der Waals surface area contributed by atoms with Crippen LogP contribution in [0.5, 0.6) is 5.88 Å². The van der Waals surface area contributed by atoms with Crippen LogP contribution in [0, 0.1) is 11.8 Å². The van der Waals surface area contributed by atoms with E-state index in [0.29, 0.717) is 29.3 Å². The van der Waals surface area contributed by atoms with E-state index in [9.17, 15) is 4.79 Å². The summed E-state index contributed by atoms with van der Waals surface area (Å²) in [7, 11) is 3.69. The number of fused-ring (bicyclic) bond motifs is 3. The molecular formula is C29H32N6O2. The number of ether oxygens (including phenoxy) is 1. The van der Waals surface area contributed by atoms with Crippen LogP contribution in [0.1, 0.15) is 29.6 Å². The molecular weight excluding hydrogens is 464 g/mol. The number of nitrogens with one attached hydrogen (secondary N) is 1. The second-order valence-corrected chi connectivity index (χ2v) is 10.8. The topological polar surface area (TPSA) is 77.2 Å². The van der Waals surface area contributed by atoms with Gasteiger partial charge in [-0.3, -0.25) is 4.79 Å². The fourth-order valence-corrected chi connectivity index (χ4v) is 6.12. The molecule has 3 aromatic heterocycles. The smallest absolute Gasteiger partial charge is 0.253 e. The summed E-state index contributed by atoms with van der Waals surface area (Å²) in [5, 5.41) is 4.59. The molecule has 2 saturated heterocycles. The number of piperidine rings is 1. The average Bonchev–Trinajstić information content (AvgIpc) is 3.46. The van der Waals surface area contributed by atoms with Crippen molar-refractivity contribution in [2.24, 2.45) is 18.9 Å². The second-order valence-electron chi connectivity index (χ2n) is 10.8. The van der Waals surface area contributed by atoms with Crippen molar-refractivity contribution in [1.29, 1.82) is 0 Å². The molecule has 0 radical (unpaired) electrons. The Bertz CT molecular complexity index is 1560. The predicted octanol–water partition coefficient (Wildman–Crippen LogP) is 4.00. The number of benzene rings is 1. The second kappa shape index (κ2) is 8.45. The van der Waals surface area contributed by atoms with Gasteiger partial charge in [-0.15, -0.1) is 0 Å². The summed E-state index contributed by atoms with van der Waals surface area (Å²) in [5.41, 5.74) is 5.77. The SMILES string of the molecule is C=C1CN[C@@H]2CN(C(=O)c3ccc4c(c3)nc(-c3cc5ccc(OC)nc5n3CC3CC3)n4C)CC[C@H]12. The van der Waals surface area contributed by atoms with Crippen molar-refractivity contribution in [3.63, 3.8) is 0 Å². The Balaban J connectivity index is 1.25. The first-order chi connectivity index (χ1) is 18.0. The first-order valence-corrected chi connectivity index (χ1v) is 13.2. The summed E-state index contributed by atoms with van der Waals surface area (Å²) >= 11 is 0. The highest BCUT2D eigenvalue weighted by atomic mass is 16.5. The van der Waals surface area contributed by atoms with Gasteiger partial charge in [0.25, 0.3) is 5.91 Å². The monoisotopic (exact) mass is 496 g/mol. The highest BCUT2D eigenvalue weighted by Crippen LogP contribution is 2.36. The lowest BCUT2D eigenvalue weighted by molar-refractivity contribution is 0.0679. The van der Waals surface area contributed by atoms with Crippen LogP contribution in [0.4, 0.5) is 0 Å². The third kappa shape index (κ3) is 3.73. The Hall–Kier alpha value is -3.65. The van der Waals surface area contributed by atoms with E-state index in [1.165, 1.54) is 18.4 Å². The fourth-order valence-electron chi connectivity index (χ4n) is 6.12. The van der Waals surface area contributed by atoms with E-state index in [2.05, 4.69) is 33.2 Å². The number of methoxy groups -OCH3 is 1. The Morgan fingerprint density at radius 1 is 1.16 bits per heavy atom. The number of pyridine rings is 1. The minimum absolute atomic E-state index is 0.0750. The third-order valence-electron chi connectivity index (χ3n) is 8.44. The molecule has 0 bridgehead atoms. The number of imidazole rings is 1. The fraction of sp³-hybridized carbons (Fsp3) is 0.414. The number of hydrogen-bond donors (Lipinski definition) is 1. The van der Waals surface area contributed by atoms with Crippen molar-refractivity contribution >= 4 is 28.0 Å². The van der Waals surface area contributed by atoms with Crippen molar-refractivity contribution in [2.45, 2.75) is 31.8 Å². The molecule has 3 aliphatic rings. The van der Waals surface area contributed by atoms with Crippen LogP contribution in [-0.4, -0.2) is 62.7 Å². The van der Waals surface area contributed by atoms with E-state index in [-0.39, 0.29) is 5.91 Å². The highest BCUT2D eigenvalue weighted by molar-refractivity contribution is 5.98. The van der Waals surface area contributed by atoms with Gasteiger partial charge >= 0.3 is 0 Å². The number of aryl methyl sites for hydroxylation is 1. The normalized spacial score (nSPS) is 21.7. The summed E-state index contributed by atoms with van der Waals surface area (Å²) < 4.78 is 9.82. The molecule has 190 valence electrons. The van der Waals surface area contributed by atoms with Gasteiger partial charge in [0.15, 0.2) is 5.82 Å². The lowest BCUT2D eigenvalue weighted by Gasteiger charge is -2.35. The number of rotatable bonds is 5. The summed E-state index contributed by atoms with van der Waals surface area (Å²) in [6, 6.07) is 12.4. The lowest BCUT2D eigenvalue weighted by Crippen LogP contribution is -2.48. The number of carbonyl (C=O) groups is 1. The van der Waals surface area contributed by atoms with Crippen LogP contribution in [-0.2, 0) is 13.6 Å². The van der Waals surface area contributed by atoms with Gasteiger partial charge in [0.2, 0.25) is 5.88 Å². The Labute approximate surface area is 215 Å². The van der Waals surface area contributed by atoms with Gasteiger partial charge < -0.3 is 24.1 Å². The van der Waals surface area contributed by atoms with Gasteiger partial charge in [0.05, 0.1) is 23.8 Å². The van der Waals surface area contributed by atoms with Gasteiger partial charge in [-0.25, -0.2) is 4.98 Å².